The molecule has 1 unspecified atom stereocenters. The van der Waals surface area contributed by atoms with Crippen LogP contribution < -0.4 is 0 Å². The lowest BCUT2D eigenvalue weighted by atomic mass is 9.97. The van der Waals surface area contributed by atoms with E-state index in [-0.39, 0.29) is 6.61 Å². The van der Waals surface area contributed by atoms with E-state index in [1.54, 1.807) is 60.7 Å². The Morgan fingerprint density at radius 3 is 1.81 bits per heavy atom. The quantitative estimate of drug-likeness (QED) is 0.481. The summed E-state index contributed by atoms with van der Waals surface area (Å²) in [6.45, 7) is 0.169. The average molecular weight is 491 g/mol. The standard InChI is InChI=1S/C28H26O8/c1-31-28-24(35-26(30)19-13-7-3-8-14-19)23(34-25(29)18-11-5-2-6-12-18)22-21(33-28)17-32-27(36-22)20-15-9-4-10-16-20/h2-16,21-24,27-28H,17H2,1H3/t21-,22-,23-,24+,27?,28+/m1/s1. The molecule has 0 saturated carbocycles. The molecule has 6 atom stereocenters. The van der Waals surface area contributed by atoms with Crippen molar-refractivity contribution in [3.63, 3.8) is 0 Å². The number of carbonyl (C=O) groups excluding carboxylic acids is 2. The van der Waals surface area contributed by atoms with Gasteiger partial charge in [0.15, 0.2) is 24.8 Å². The van der Waals surface area contributed by atoms with Crippen molar-refractivity contribution >= 4 is 11.9 Å². The molecule has 36 heavy (non-hydrogen) atoms. The lowest BCUT2D eigenvalue weighted by Crippen LogP contribution is -2.64. The second kappa shape index (κ2) is 11.0. The monoisotopic (exact) mass is 490 g/mol. The van der Waals surface area contributed by atoms with Gasteiger partial charge < -0.3 is 28.4 Å². The zero-order valence-electron chi connectivity index (χ0n) is 19.6. The van der Waals surface area contributed by atoms with Crippen LogP contribution in [0.1, 0.15) is 32.6 Å². The van der Waals surface area contributed by atoms with Crippen LogP contribution in [-0.4, -0.2) is 56.4 Å². The van der Waals surface area contributed by atoms with Crippen molar-refractivity contribution in [2.75, 3.05) is 13.7 Å². The van der Waals surface area contributed by atoms with Crippen LogP contribution in [-0.2, 0) is 28.4 Å². The van der Waals surface area contributed by atoms with Gasteiger partial charge in [-0.25, -0.2) is 9.59 Å². The Kier molecular flexibility index (Phi) is 7.39. The van der Waals surface area contributed by atoms with E-state index in [9.17, 15) is 9.59 Å². The van der Waals surface area contributed by atoms with Gasteiger partial charge in [0.2, 0.25) is 0 Å². The van der Waals surface area contributed by atoms with Crippen LogP contribution in [0.15, 0.2) is 91.0 Å². The average Bonchev–Trinajstić information content (AvgIpc) is 2.95. The highest BCUT2D eigenvalue weighted by molar-refractivity contribution is 5.90. The second-order valence-corrected chi connectivity index (χ2v) is 8.43. The first-order valence-corrected chi connectivity index (χ1v) is 11.7. The van der Waals surface area contributed by atoms with Gasteiger partial charge in [-0.15, -0.1) is 0 Å². The molecule has 3 aromatic rings. The lowest BCUT2D eigenvalue weighted by molar-refractivity contribution is -0.356. The molecule has 0 radical (unpaired) electrons. The Labute approximate surface area is 208 Å². The van der Waals surface area contributed by atoms with E-state index >= 15 is 0 Å². The Balaban J connectivity index is 1.46. The maximum Gasteiger partial charge on any atom is 0.338 e. The molecule has 0 spiro atoms. The third-order valence-electron chi connectivity index (χ3n) is 6.09. The smallest absolute Gasteiger partial charge is 0.338 e. The number of esters is 2. The normalized spacial score (nSPS) is 27.5. The molecular weight excluding hydrogens is 464 g/mol. The number of carbonyl (C=O) groups is 2. The van der Waals surface area contributed by atoms with E-state index < -0.39 is 48.9 Å². The minimum atomic E-state index is -1.09. The Morgan fingerprint density at radius 1 is 0.722 bits per heavy atom. The molecule has 8 nitrogen and oxygen atoms in total. The summed E-state index contributed by atoms with van der Waals surface area (Å²) in [7, 11) is 1.43. The van der Waals surface area contributed by atoms with Crippen molar-refractivity contribution in [2.24, 2.45) is 0 Å². The van der Waals surface area contributed by atoms with Crippen LogP contribution in [0.3, 0.4) is 0 Å². The van der Waals surface area contributed by atoms with Gasteiger partial charge in [-0.1, -0.05) is 66.7 Å². The van der Waals surface area contributed by atoms with Gasteiger partial charge in [0.1, 0.15) is 12.2 Å². The number of ether oxygens (including phenoxy) is 6. The first kappa shape index (κ1) is 24.1. The summed E-state index contributed by atoms with van der Waals surface area (Å²) in [5.74, 6) is -1.18. The molecule has 0 aliphatic carbocycles. The summed E-state index contributed by atoms with van der Waals surface area (Å²) in [4.78, 5) is 26.1. The molecule has 2 aliphatic rings. The van der Waals surface area contributed by atoms with Gasteiger partial charge in [-0.2, -0.15) is 0 Å². The van der Waals surface area contributed by atoms with E-state index in [4.69, 9.17) is 28.4 Å². The molecule has 2 heterocycles. The van der Waals surface area contributed by atoms with Crippen LogP contribution in [0.4, 0.5) is 0 Å². The summed E-state index contributed by atoms with van der Waals surface area (Å²) in [6, 6.07) is 26.5. The predicted octanol–water partition coefficient (Wildman–Crippen LogP) is 3.92. The van der Waals surface area contributed by atoms with Crippen molar-refractivity contribution in [1.29, 1.82) is 0 Å². The summed E-state index contributed by atoms with van der Waals surface area (Å²) in [5.41, 5.74) is 1.50. The highest BCUT2D eigenvalue weighted by Crippen LogP contribution is 2.37. The van der Waals surface area contributed by atoms with Gasteiger partial charge >= 0.3 is 11.9 Å². The molecule has 2 saturated heterocycles. The fraction of sp³-hybridized carbons (Fsp3) is 0.286. The van der Waals surface area contributed by atoms with E-state index in [1.165, 1.54) is 7.11 Å². The SMILES string of the molecule is CO[C@H]1O[C@@H]2COC(c3ccccc3)O[C@H]2[C@@H](OC(=O)c2ccccc2)[C@@H]1OC(=O)c1ccccc1. The van der Waals surface area contributed by atoms with E-state index in [1.807, 2.05) is 30.3 Å². The van der Waals surface area contributed by atoms with Crippen molar-refractivity contribution in [2.45, 2.75) is 37.0 Å². The molecule has 8 heteroatoms. The van der Waals surface area contributed by atoms with Gasteiger partial charge in [0.25, 0.3) is 0 Å². The highest BCUT2D eigenvalue weighted by atomic mass is 16.8. The van der Waals surface area contributed by atoms with Gasteiger partial charge in [-0.3, -0.25) is 0 Å². The maximum atomic E-state index is 13.1. The molecule has 5 rings (SSSR count). The first-order chi connectivity index (χ1) is 17.6. The van der Waals surface area contributed by atoms with E-state index in [2.05, 4.69) is 0 Å². The topological polar surface area (TPSA) is 89.5 Å². The molecule has 0 amide bonds. The van der Waals surface area contributed by atoms with Crippen molar-refractivity contribution in [3.05, 3.63) is 108 Å². The van der Waals surface area contributed by atoms with E-state index in [0.29, 0.717) is 11.1 Å². The second-order valence-electron chi connectivity index (χ2n) is 8.43. The zero-order valence-corrected chi connectivity index (χ0v) is 19.6. The summed E-state index contributed by atoms with van der Waals surface area (Å²) in [5, 5.41) is 0. The van der Waals surface area contributed by atoms with Crippen LogP contribution in [0.2, 0.25) is 0 Å². The lowest BCUT2D eigenvalue weighted by Gasteiger charge is -2.47. The first-order valence-electron chi connectivity index (χ1n) is 11.7. The van der Waals surface area contributed by atoms with E-state index in [0.717, 1.165) is 5.56 Å². The molecule has 2 fully saturated rings. The maximum absolute atomic E-state index is 13.1. The number of methoxy groups -OCH3 is 1. The Bertz CT molecular complexity index is 1150. The predicted molar refractivity (Wildman–Crippen MR) is 127 cm³/mol. The van der Waals surface area contributed by atoms with Crippen LogP contribution in [0.25, 0.3) is 0 Å². The third-order valence-corrected chi connectivity index (χ3v) is 6.09. The number of rotatable bonds is 6. The molecule has 186 valence electrons. The van der Waals surface area contributed by atoms with Crippen LogP contribution in [0.5, 0.6) is 0 Å². The minimum Gasteiger partial charge on any atom is -0.452 e. The van der Waals surface area contributed by atoms with Crippen LogP contribution in [0, 0.1) is 0 Å². The van der Waals surface area contributed by atoms with Crippen molar-refractivity contribution in [1.82, 2.24) is 0 Å². The zero-order chi connectivity index (χ0) is 24.9. The molecule has 0 aromatic heterocycles. The van der Waals surface area contributed by atoms with Gasteiger partial charge in [0.05, 0.1) is 17.7 Å². The van der Waals surface area contributed by atoms with Crippen LogP contribution >= 0.6 is 0 Å². The van der Waals surface area contributed by atoms with Gasteiger partial charge in [0, 0.05) is 12.7 Å². The van der Waals surface area contributed by atoms with Crippen molar-refractivity contribution < 1.29 is 38.0 Å². The molecule has 0 N–H and O–H groups in total. The molecular formula is C28H26O8. The number of fused-ring (bicyclic) bond motifs is 1. The number of benzene rings is 3. The largest absolute Gasteiger partial charge is 0.452 e. The van der Waals surface area contributed by atoms with Crippen molar-refractivity contribution in [3.8, 4) is 0 Å². The van der Waals surface area contributed by atoms with Gasteiger partial charge in [-0.05, 0) is 24.3 Å². The molecule has 3 aromatic carbocycles. The number of hydrogen-bond acceptors (Lipinski definition) is 8. The fourth-order valence-corrected chi connectivity index (χ4v) is 4.31. The summed E-state index contributed by atoms with van der Waals surface area (Å²) in [6.07, 6.45) is -5.23. The molecule has 2 aliphatic heterocycles. The Morgan fingerprint density at radius 2 is 1.25 bits per heavy atom. The minimum absolute atomic E-state index is 0.169. The highest BCUT2D eigenvalue weighted by Gasteiger charge is 2.54. The molecule has 0 bridgehead atoms. The summed E-state index contributed by atoms with van der Waals surface area (Å²) < 4.78 is 35.5. The number of hydrogen-bond donors (Lipinski definition) is 0. The third kappa shape index (κ3) is 5.17. The Hall–Kier alpha value is -3.56. The summed E-state index contributed by atoms with van der Waals surface area (Å²) >= 11 is 0. The fourth-order valence-electron chi connectivity index (χ4n) is 4.31.